The lowest BCUT2D eigenvalue weighted by molar-refractivity contribution is 0.0550. The zero-order chi connectivity index (χ0) is 12.4. The van der Waals surface area contributed by atoms with Crippen LogP contribution in [0.15, 0.2) is 16.5 Å². The second-order valence-corrected chi connectivity index (χ2v) is 4.83. The van der Waals surface area contributed by atoms with E-state index >= 15 is 0 Å². The molecule has 1 aliphatic rings. The summed E-state index contributed by atoms with van der Waals surface area (Å²) in [7, 11) is 0. The van der Waals surface area contributed by atoms with Gasteiger partial charge >= 0.3 is 0 Å². The van der Waals surface area contributed by atoms with Gasteiger partial charge in [-0.25, -0.2) is 0 Å². The minimum Gasteiger partial charge on any atom is -0.456 e. The van der Waals surface area contributed by atoms with Gasteiger partial charge in [-0.2, -0.15) is 0 Å². The van der Waals surface area contributed by atoms with Gasteiger partial charge in [0.05, 0.1) is 0 Å². The maximum Gasteiger partial charge on any atom is 0.289 e. The third-order valence-corrected chi connectivity index (χ3v) is 3.37. The summed E-state index contributed by atoms with van der Waals surface area (Å²) >= 11 is 0. The second kappa shape index (κ2) is 4.92. The van der Waals surface area contributed by atoms with Crippen molar-refractivity contribution in [1.82, 2.24) is 4.90 Å². The number of carbonyl (C=O) groups is 1. The lowest BCUT2D eigenvalue weighted by Gasteiger charge is -2.37. The fourth-order valence-electron chi connectivity index (χ4n) is 2.45. The first-order valence-electron chi connectivity index (χ1n) is 6.22. The fraction of sp³-hybridized carbons (Fsp3) is 0.615. The van der Waals surface area contributed by atoms with Crippen molar-refractivity contribution in [2.45, 2.75) is 45.2 Å². The first kappa shape index (κ1) is 12.2. The van der Waals surface area contributed by atoms with E-state index in [-0.39, 0.29) is 18.0 Å². The third-order valence-electron chi connectivity index (χ3n) is 3.37. The first-order valence-corrected chi connectivity index (χ1v) is 6.22. The van der Waals surface area contributed by atoms with E-state index in [1.807, 2.05) is 24.8 Å². The molecule has 0 spiro atoms. The van der Waals surface area contributed by atoms with Gasteiger partial charge in [0.1, 0.15) is 5.76 Å². The van der Waals surface area contributed by atoms with Gasteiger partial charge in [-0.15, -0.1) is 0 Å². The predicted octanol–water partition coefficient (Wildman–Crippen LogP) is 1.93. The van der Waals surface area contributed by atoms with Crippen LogP contribution in [0, 0.1) is 6.92 Å². The van der Waals surface area contributed by atoms with Crippen molar-refractivity contribution in [2.24, 2.45) is 5.73 Å². The van der Waals surface area contributed by atoms with Crippen LogP contribution in [-0.4, -0.2) is 29.4 Å². The van der Waals surface area contributed by atoms with Crippen LogP contribution < -0.4 is 5.73 Å². The van der Waals surface area contributed by atoms with Gasteiger partial charge in [-0.3, -0.25) is 4.79 Å². The zero-order valence-electron chi connectivity index (χ0n) is 10.5. The molecule has 2 atom stereocenters. The molecule has 94 valence electrons. The molecule has 2 unspecified atom stereocenters. The Labute approximate surface area is 102 Å². The molecule has 1 aliphatic heterocycles. The van der Waals surface area contributed by atoms with Crippen LogP contribution in [-0.2, 0) is 0 Å². The number of amides is 1. The molecular formula is C13H20N2O2. The molecule has 4 nitrogen and oxygen atoms in total. The molecule has 0 saturated carbocycles. The lowest BCUT2D eigenvalue weighted by Crippen LogP contribution is -2.51. The Kier molecular flexibility index (Phi) is 3.52. The van der Waals surface area contributed by atoms with Gasteiger partial charge in [0.25, 0.3) is 5.91 Å². The number of rotatable bonds is 2. The molecule has 0 radical (unpaired) electrons. The van der Waals surface area contributed by atoms with E-state index in [9.17, 15) is 4.79 Å². The Morgan fingerprint density at radius 1 is 1.53 bits per heavy atom. The molecule has 2 rings (SSSR count). The van der Waals surface area contributed by atoms with Crippen molar-refractivity contribution < 1.29 is 9.21 Å². The van der Waals surface area contributed by atoms with E-state index in [4.69, 9.17) is 10.2 Å². The highest BCUT2D eigenvalue weighted by molar-refractivity contribution is 5.91. The molecule has 17 heavy (non-hydrogen) atoms. The van der Waals surface area contributed by atoms with Crippen LogP contribution in [0.3, 0.4) is 0 Å². The summed E-state index contributed by atoms with van der Waals surface area (Å²) in [4.78, 5) is 14.2. The average molecular weight is 236 g/mol. The zero-order valence-corrected chi connectivity index (χ0v) is 10.5. The minimum atomic E-state index is -0.0277. The maximum absolute atomic E-state index is 12.3. The van der Waals surface area contributed by atoms with E-state index < -0.39 is 0 Å². The van der Waals surface area contributed by atoms with Crippen LogP contribution >= 0.6 is 0 Å². The summed E-state index contributed by atoms with van der Waals surface area (Å²) in [6, 6.07) is 3.71. The molecule has 0 aliphatic carbocycles. The number of aryl methyl sites for hydroxylation is 1. The third kappa shape index (κ3) is 2.52. The van der Waals surface area contributed by atoms with Gasteiger partial charge in [-0.05, 0) is 45.2 Å². The minimum absolute atomic E-state index is 0.00955. The van der Waals surface area contributed by atoms with Crippen LogP contribution in [0.25, 0.3) is 0 Å². The Hall–Kier alpha value is -1.29. The van der Waals surface area contributed by atoms with Crippen molar-refractivity contribution in [1.29, 1.82) is 0 Å². The van der Waals surface area contributed by atoms with Crippen molar-refractivity contribution in [3.63, 3.8) is 0 Å². The number of likely N-dealkylation sites (tertiary alicyclic amines) is 1. The van der Waals surface area contributed by atoms with Gasteiger partial charge in [0, 0.05) is 18.6 Å². The first-order chi connectivity index (χ1) is 8.09. The van der Waals surface area contributed by atoms with Crippen molar-refractivity contribution >= 4 is 5.91 Å². The van der Waals surface area contributed by atoms with E-state index in [0.717, 1.165) is 31.6 Å². The molecule has 0 aromatic carbocycles. The van der Waals surface area contributed by atoms with E-state index in [0.29, 0.717) is 5.76 Å². The summed E-state index contributed by atoms with van der Waals surface area (Å²) < 4.78 is 5.39. The van der Waals surface area contributed by atoms with Crippen molar-refractivity contribution in [3.8, 4) is 0 Å². The molecule has 1 fully saturated rings. The van der Waals surface area contributed by atoms with Crippen LogP contribution in [0.4, 0.5) is 0 Å². The van der Waals surface area contributed by atoms with Gasteiger partial charge < -0.3 is 15.1 Å². The maximum atomic E-state index is 12.3. The highest BCUT2D eigenvalue weighted by Crippen LogP contribution is 2.22. The normalized spacial score (nSPS) is 22.5. The predicted molar refractivity (Wildman–Crippen MR) is 65.8 cm³/mol. The molecule has 1 aromatic rings. The molecule has 1 saturated heterocycles. The molecule has 1 amide bonds. The van der Waals surface area contributed by atoms with Crippen LogP contribution in [0.2, 0.25) is 0 Å². The number of nitrogens with zero attached hydrogens (tertiary/aromatic N) is 1. The Morgan fingerprint density at radius 2 is 2.29 bits per heavy atom. The van der Waals surface area contributed by atoms with Crippen molar-refractivity contribution in [3.05, 3.63) is 23.7 Å². The Balaban J connectivity index is 2.16. The Bertz CT molecular complexity index is 398. The van der Waals surface area contributed by atoms with Crippen molar-refractivity contribution in [2.75, 3.05) is 6.54 Å². The Morgan fingerprint density at radius 3 is 2.88 bits per heavy atom. The number of nitrogens with two attached hydrogens (primary N) is 1. The number of piperidine rings is 1. The summed E-state index contributed by atoms with van der Waals surface area (Å²) in [6.45, 7) is 4.59. The molecular weight excluding hydrogens is 216 g/mol. The summed E-state index contributed by atoms with van der Waals surface area (Å²) in [6.07, 6.45) is 3.19. The average Bonchev–Trinajstić information content (AvgIpc) is 2.75. The highest BCUT2D eigenvalue weighted by Gasteiger charge is 2.31. The number of carbonyl (C=O) groups excluding carboxylic acids is 1. The van der Waals surface area contributed by atoms with Gasteiger partial charge in [0.15, 0.2) is 5.76 Å². The highest BCUT2D eigenvalue weighted by atomic mass is 16.3. The van der Waals surface area contributed by atoms with Gasteiger partial charge in [-0.1, -0.05) is 0 Å². The number of furan rings is 1. The van der Waals surface area contributed by atoms with Gasteiger partial charge in [0.2, 0.25) is 0 Å². The summed E-state index contributed by atoms with van der Waals surface area (Å²) in [5.41, 5.74) is 5.95. The molecule has 0 bridgehead atoms. The number of hydrogen-bond donors (Lipinski definition) is 1. The summed E-state index contributed by atoms with van der Waals surface area (Å²) in [5.74, 6) is 1.16. The monoisotopic (exact) mass is 236 g/mol. The summed E-state index contributed by atoms with van der Waals surface area (Å²) in [5, 5.41) is 0. The molecule has 2 heterocycles. The molecule has 4 heteroatoms. The van der Waals surface area contributed by atoms with Crippen LogP contribution in [0.5, 0.6) is 0 Å². The van der Waals surface area contributed by atoms with E-state index in [2.05, 4.69) is 0 Å². The topological polar surface area (TPSA) is 59.5 Å². The standard InChI is InChI=1S/C13H20N2O2/c1-9-6-7-12(17-9)13(16)15-8-4-3-5-11(15)10(2)14/h6-7,10-11H,3-5,8,14H2,1-2H3. The van der Waals surface area contributed by atoms with E-state index in [1.165, 1.54) is 0 Å². The van der Waals surface area contributed by atoms with Crippen LogP contribution in [0.1, 0.15) is 42.5 Å². The largest absolute Gasteiger partial charge is 0.456 e. The lowest BCUT2D eigenvalue weighted by atomic mass is 9.96. The second-order valence-electron chi connectivity index (χ2n) is 4.83. The molecule has 1 aromatic heterocycles. The fourth-order valence-corrected chi connectivity index (χ4v) is 2.45. The smallest absolute Gasteiger partial charge is 0.289 e. The SMILES string of the molecule is Cc1ccc(C(=O)N2CCCCC2C(C)N)o1. The quantitative estimate of drug-likeness (QED) is 0.853. The molecule has 2 N–H and O–H groups in total. The van der Waals surface area contributed by atoms with E-state index in [1.54, 1.807) is 6.07 Å². The number of hydrogen-bond acceptors (Lipinski definition) is 3.